The van der Waals surface area contributed by atoms with Crippen LogP contribution >= 0.6 is 0 Å². The van der Waals surface area contributed by atoms with E-state index in [-0.39, 0.29) is 5.92 Å². The van der Waals surface area contributed by atoms with E-state index in [1.54, 1.807) is 7.11 Å². The molecule has 0 saturated carbocycles. The van der Waals surface area contributed by atoms with Crippen molar-refractivity contribution >= 4 is 11.0 Å². The second-order valence-electron chi connectivity index (χ2n) is 5.50. The van der Waals surface area contributed by atoms with E-state index in [2.05, 4.69) is 29.8 Å². The smallest absolute Gasteiger partial charge is 0.118 e. The molecule has 1 unspecified atom stereocenters. The number of nitrogens with zero attached hydrogens (tertiary/aromatic N) is 2. The average molecular weight is 295 g/mol. The minimum Gasteiger partial charge on any atom is -0.497 e. The highest BCUT2D eigenvalue weighted by atomic mass is 16.5. The molecule has 114 valence electrons. The molecule has 0 saturated heterocycles. The van der Waals surface area contributed by atoms with Gasteiger partial charge in [0.15, 0.2) is 0 Å². The Kier molecular flexibility index (Phi) is 4.11. The number of hydrogen-bond donors (Lipinski definition) is 1. The summed E-state index contributed by atoms with van der Waals surface area (Å²) in [5, 5.41) is 0. The number of benzene rings is 2. The molecule has 4 nitrogen and oxygen atoms in total. The fourth-order valence-corrected chi connectivity index (χ4v) is 2.86. The monoisotopic (exact) mass is 295 g/mol. The molecule has 3 rings (SSSR count). The zero-order chi connectivity index (χ0) is 15.5. The first kappa shape index (κ1) is 14.6. The van der Waals surface area contributed by atoms with Crippen LogP contribution in [0.15, 0.2) is 48.5 Å². The van der Waals surface area contributed by atoms with Crippen molar-refractivity contribution in [3.8, 4) is 5.75 Å². The van der Waals surface area contributed by atoms with Gasteiger partial charge in [-0.3, -0.25) is 0 Å². The van der Waals surface area contributed by atoms with Gasteiger partial charge in [-0.15, -0.1) is 0 Å². The maximum Gasteiger partial charge on any atom is 0.118 e. The summed E-state index contributed by atoms with van der Waals surface area (Å²) >= 11 is 0. The molecule has 2 N–H and O–H groups in total. The molecule has 4 heteroatoms. The van der Waals surface area contributed by atoms with Gasteiger partial charge in [0.25, 0.3) is 0 Å². The molecular formula is C18H21N3O. The maximum absolute atomic E-state index is 6.02. The normalized spacial score (nSPS) is 12.5. The second-order valence-corrected chi connectivity index (χ2v) is 5.50. The molecule has 0 fully saturated rings. The Balaban J connectivity index is 1.90. The van der Waals surface area contributed by atoms with Crippen LogP contribution in [0.25, 0.3) is 11.0 Å². The Bertz CT molecular complexity index is 762. The lowest BCUT2D eigenvalue weighted by atomic mass is 9.98. The van der Waals surface area contributed by atoms with E-state index in [0.29, 0.717) is 6.54 Å². The third-order valence-corrected chi connectivity index (χ3v) is 4.11. The van der Waals surface area contributed by atoms with Gasteiger partial charge in [0, 0.05) is 19.5 Å². The number of fused-ring (bicyclic) bond motifs is 1. The first-order valence-electron chi connectivity index (χ1n) is 7.47. The second kappa shape index (κ2) is 6.20. The van der Waals surface area contributed by atoms with E-state index >= 15 is 0 Å². The van der Waals surface area contributed by atoms with Crippen molar-refractivity contribution in [3.05, 3.63) is 59.9 Å². The molecule has 1 aromatic heterocycles. The molecule has 3 aromatic rings. The van der Waals surface area contributed by atoms with Crippen LogP contribution < -0.4 is 10.5 Å². The minimum absolute atomic E-state index is 0.200. The molecule has 1 atom stereocenters. The van der Waals surface area contributed by atoms with Crippen molar-refractivity contribution in [3.63, 3.8) is 0 Å². The number of hydrogen-bond acceptors (Lipinski definition) is 3. The fourth-order valence-electron chi connectivity index (χ4n) is 2.86. The highest BCUT2D eigenvalue weighted by Crippen LogP contribution is 2.24. The Hall–Kier alpha value is -2.33. The maximum atomic E-state index is 6.02. The molecule has 22 heavy (non-hydrogen) atoms. The summed E-state index contributed by atoms with van der Waals surface area (Å²) in [4.78, 5) is 4.77. The van der Waals surface area contributed by atoms with Gasteiger partial charge < -0.3 is 15.0 Å². The van der Waals surface area contributed by atoms with Crippen LogP contribution in [-0.4, -0.2) is 23.2 Å². The Morgan fingerprint density at radius 1 is 1.14 bits per heavy atom. The quantitative estimate of drug-likeness (QED) is 0.787. The van der Waals surface area contributed by atoms with Crippen molar-refractivity contribution in [2.24, 2.45) is 12.8 Å². The Morgan fingerprint density at radius 3 is 2.50 bits per heavy atom. The largest absolute Gasteiger partial charge is 0.497 e. The summed E-state index contributed by atoms with van der Waals surface area (Å²) in [6, 6.07) is 16.3. The number of ether oxygens (including phenoxy) is 1. The van der Waals surface area contributed by atoms with Gasteiger partial charge in [0.1, 0.15) is 11.6 Å². The number of nitrogens with two attached hydrogens (primary N) is 1. The molecule has 0 aliphatic rings. The van der Waals surface area contributed by atoms with Gasteiger partial charge in [0.2, 0.25) is 0 Å². The lowest BCUT2D eigenvalue weighted by Gasteiger charge is -2.15. The summed E-state index contributed by atoms with van der Waals surface area (Å²) in [6.45, 7) is 0.573. The lowest BCUT2D eigenvalue weighted by Crippen LogP contribution is -2.18. The third kappa shape index (κ3) is 2.70. The van der Waals surface area contributed by atoms with E-state index in [0.717, 1.165) is 29.0 Å². The summed E-state index contributed by atoms with van der Waals surface area (Å²) in [5.41, 5.74) is 9.43. The van der Waals surface area contributed by atoms with Gasteiger partial charge in [-0.05, 0) is 36.2 Å². The first-order chi connectivity index (χ1) is 10.7. The Morgan fingerprint density at radius 2 is 1.86 bits per heavy atom. The van der Waals surface area contributed by atoms with E-state index < -0.39 is 0 Å². The van der Waals surface area contributed by atoms with Crippen molar-refractivity contribution < 1.29 is 4.74 Å². The molecule has 1 heterocycles. The van der Waals surface area contributed by atoms with Crippen LogP contribution in [-0.2, 0) is 13.5 Å². The number of aromatic nitrogens is 2. The van der Waals surface area contributed by atoms with E-state index in [1.807, 2.05) is 30.3 Å². The van der Waals surface area contributed by atoms with Crippen molar-refractivity contribution in [2.45, 2.75) is 12.3 Å². The number of rotatable bonds is 5. The van der Waals surface area contributed by atoms with Crippen LogP contribution in [0.2, 0.25) is 0 Å². The average Bonchev–Trinajstić information content (AvgIpc) is 2.90. The first-order valence-corrected chi connectivity index (χ1v) is 7.47. The number of aryl methyl sites for hydroxylation is 1. The summed E-state index contributed by atoms with van der Waals surface area (Å²) < 4.78 is 7.35. The molecule has 0 aliphatic heterocycles. The van der Waals surface area contributed by atoms with Crippen LogP contribution in [0.3, 0.4) is 0 Å². The molecule has 0 amide bonds. The van der Waals surface area contributed by atoms with Gasteiger partial charge >= 0.3 is 0 Å². The van der Waals surface area contributed by atoms with Crippen LogP contribution in [0.5, 0.6) is 5.75 Å². The van der Waals surface area contributed by atoms with Gasteiger partial charge in [-0.1, -0.05) is 24.3 Å². The lowest BCUT2D eigenvalue weighted by molar-refractivity contribution is 0.414. The van der Waals surface area contributed by atoms with E-state index in [9.17, 15) is 0 Å². The standard InChI is InChI=1S/C18H21N3O/c1-21-17-6-4-3-5-16(17)20-18(21)14(12-19)11-13-7-9-15(22-2)10-8-13/h3-10,14H,11-12,19H2,1-2H3. The molecular weight excluding hydrogens is 274 g/mol. The highest BCUT2D eigenvalue weighted by molar-refractivity contribution is 5.75. The van der Waals surface area contributed by atoms with Crippen molar-refractivity contribution in [1.29, 1.82) is 0 Å². The summed E-state index contributed by atoms with van der Waals surface area (Å²) in [5.74, 6) is 2.11. The van der Waals surface area contributed by atoms with E-state index in [1.165, 1.54) is 5.56 Å². The summed E-state index contributed by atoms with van der Waals surface area (Å²) in [7, 11) is 3.73. The van der Waals surface area contributed by atoms with Crippen molar-refractivity contribution in [2.75, 3.05) is 13.7 Å². The minimum atomic E-state index is 0.200. The van der Waals surface area contributed by atoms with Gasteiger partial charge in [-0.2, -0.15) is 0 Å². The fraction of sp³-hybridized carbons (Fsp3) is 0.278. The van der Waals surface area contributed by atoms with Gasteiger partial charge in [-0.25, -0.2) is 4.98 Å². The van der Waals surface area contributed by atoms with Crippen LogP contribution in [0.1, 0.15) is 17.3 Å². The molecule has 0 bridgehead atoms. The summed E-state index contributed by atoms with van der Waals surface area (Å²) in [6.07, 6.45) is 0.873. The van der Waals surface area contributed by atoms with Crippen molar-refractivity contribution in [1.82, 2.24) is 9.55 Å². The predicted octanol–water partition coefficient (Wildman–Crippen LogP) is 2.87. The number of imidazole rings is 1. The van der Waals surface area contributed by atoms with Crippen LogP contribution in [0, 0.1) is 0 Å². The molecule has 0 spiro atoms. The SMILES string of the molecule is COc1ccc(CC(CN)c2nc3ccccc3n2C)cc1. The Labute approximate surface area is 130 Å². The van der Waals surface area contributed by atoms with Gasteiger partial charge in [0.05, 0.1) is 18.1 Å². The molecule has 0 aliphatic carbocycles. The zero-order valence-electron chi connectivity index (χ0n) is 13.0. The third-order valence-electron chi connectivity index (χ3n) is 4.11. The topological polar surface area (TPSA) is 53.1 Å². The van der Waals surface area contributed by atoms with Crippen LogP contribution in [0.4, 0.5) is 0 Å². The molecule has 0 radical (unpaired) electrons. The zero-order valence-corrected chi connectivity index (χ0v) is 13.0. The molecule has 2 aromatic carbocycles. The predicted molar refractivity (Wildman–Crippen MR) is 89.2 cm³/mol. The highest BCUT2D eigenvalue weighted by Gasteiger charge is 2.17. The number of para-hydroxylation sites is 2. The van der Waals surface area contributed by atoms with E-state index in [4.69, 9.17) is 15.5 Å². The number of methoxy groups -OCH3 is 1.